The molecule has 88 valence electrons. The van der Waals surface area contributed by atoms with Gasteiger partial charge in [-0.3, -0.25) is 14.6 Å². The molecule has 0 aromatic carbocycles. The van der Waals surface area contributed by atoms with E-state index in [9.17, 15) is 14.7 Å². The number of allylic oxidation sites excluding steroid dienone is 1. The molecule has 0 saturated heterocycles. The average molecular weight is 244 g/mol. The second kappa shape index (κ2) is 4.47. The minimum atomic E-state index is -1.14. The third-order valence-corrected chi connectivity index (χ3v) is 3.13. The molecule has 16 heavy (non-hydrogen) atoms. The van der Waals surface area contributed by atoms with Crippen molar-refractivity contribution in [3.8, 4) is 0 Å². The minimum absolute atomic E-state index is 0.0213. The van der Waals surface area contributed by atoms with Gasteiger partial charge in [-0.25, -0.2) is 0 Å². The summed E-state index contributed by atoms with van der Waals surface area (Å²) in [5.41, 5.74) is -0.0387. The predicted molar refractivity (Wildman–Crippen MR) is 62.0 cm³/mol. The molecule has 0 aliphatic carbocycles. The number of nitrogens with zero attached hydrogens (tertiary/aromatic N) is 1. The molecule has 1 N–H and O–H groups in total. The van der Waals surface area contributed by atoms with Crippen LogP contribution in [0.25, 0.3) is 0 Å². The molecule has 0 spiro atoms. The molecule has 0 fully saturated rings. The highest BCUT2D eigenvalue weighted by atomic mass is 35.5. The number of carbonyl (C=O) groups is 2. The van der Waals surface area contributed by atoms with Crippen molar-refractivity contribution >= 4 is 28.9 Å². The lowest BCUT2D eigenvalue weighted by Gasteiger charge is -2.23. The smallest absolute Gasteiger partial charge is 0.177 e. The molecule has 1 rings (SSSR count). The molecular weight excluding hydrogens is 230 g/mol. The van der Waals surface area contributed by atoms with E-state index in [4.69, 9.17) is 11.6 Å². The SMILES string of the molecule is CC(=O)C1=NC(CO)(CCl)C(C(C)=O)=C1C. The fourth-order valence-corrected chi connectivity index (χ4v) is 2.29. The van der Waals surface area contributed by atoms with Gasteiger partial charge in [0.25, 0.3) is 0 Å². The zero-order valence-electron chi connectivity index (χ0n) is 9.50. The summed E-state index contributed by atoms with van der Waals surface area (Å²) in [5, 5.41) is 9.36. The molecule has 0 bridgehead atoms. The molecule has 1 unspecified atom stereocenters. The first-order valence-electron chi connectivity index (χ1n) is 4.90. The summed E-state index contributed by atoms with van der Waals surface area (Å²) < 4.78 is 0. The van der Waals surface area contributed by atoms with Crippen LogP contribution in [0.5, 0.6) is 0 Å². The van der Waals surface area contributed by atoms with Crippen molar-refractivity contribution in [3.05, 3.63) is 11.1 Å². The van der Waals surface area contributed by atoms with E-state index in [-0.39, 0.29) is 29.8 Å². The van der Waals surface area contributed by atoms with Crippen LogP contribution in [0.2, 0.25) is 0 Å². The fraction of sp³-hybridized carbons (Fsp3) is 0.545. The average Bonchev–Trinajstić information content (AvgIpc) is 2.52. The second-order valence-electron chi connectivity index (χ2n) is 3.90. The summed E-state index contributed by atoms with van der Waals surface area (Å²) in [5.74, 6) is -0.462. The number of aliphatic hydroxyl groups excluding tert-OH is 1. The Morgan fingerprint density at radius 2 is 1.94 bits per heavy atom. The number of ketones is 2. The number of rotatable bonds is 4. The monoisotopic (exact) mass is 243 g/mol. The summed E-state index contributed by atoms with van der Waals surface area (Å²) >= 11 is 5.77. The Balaban J connectivity index is 3.42. The summed E-state index contributed by atoms with van der Waals surface area (Å²) in [4.78, 5) is 27.0. The van der Waals surface area contributed by atoms with Crippen molar-refractivity contribution < 1.29 is 14.7 Å². The number of Topliss-reactive ketones (excluding diaryl/α,β-unsaturated/α-hetero) is 2. The number of aliphatic hydroxyl groups is 1. The summed E-state index contributed by atoms with van der Waals surface area (Å²) in [6.07, 6.45) is 0. The lowest BCUT2D eigenvalue weighted by molar-refractivity contribution is -0.114. The van der Waals surface area contributed by atoms with E-state index in [1.807, 2.05) is 0 Å². The molecule has 0 saturated carbocycles. The number of alkyl halides is 1. The summed E-state index contributed by atoms with van der Waals surface area (Å²) in [6.45, 7) is 4.04. The van der Waals surface area contributed by atoms with E-state index in [2.05, 4.69) is 4.99 Å². The zero-order valence-corrected chi connectivity index (χ0v) is 10.3. The number of hydrogen-bond donors (Lipinski definition) is 1. The number of halogens is 1. The minimum Gasteiger partial charge on any atom is -0.393 e. The van der Waals surface area contributed by atoms with Gasteiger partial charge in [-0.2, -0.15) is 0 Å². The quantitative estimate of drug-likeness (QED) is 0.747. The van der Waals surface area contributed by atoms with Crippen LogP contribution in [0.1, 0.15) is 20.8 Å². The Kier molecular flexibility index (Phi) is 3.65. The van der Waals surface area contributed by atoms with Crippen molar-refractivity contribution in [1.29, 1.82) is 0 Å². The van der Waals surface area contributed by atoms with Gasteiger partial charge >= 0.3 is 0 Å². The van der Waals surface area contributed by atoms with Gasteiger partial charge in [0.05, 0.1) is 12.5 Å². The van der Waals surface area contributed by atoms with E-state index >= 15 is 0 Å². The largest absolute Gasteiger partial charge is 0.393 e. The predicted octanol–water partition coefficient (Wildman–Crippen LogP) is 0.905. The number of carbonyl (C=O) groups excluding carboxylic acids is 2. The van der Waals surface area contributed by atoms with E-state index in [0.29, 0.717) is 11.1 Å². The van der Waals surface area contributed by atoms with Crippen LogP contribution in [0, 0.1) is 0 Å². The van der Waals surface area contributed by atoms with E-state index in [1.165, 1.54) is 13.8 Å². The first-order valence-corrected chi connectivity index (χ1v) is 5.43. The van der Waals surface area contributed by atoms with E-state index in [1.54, 1.807) is 6.92 Å². The topological polar surface area (TPSA) is 66.7 Å². The van der Waals surface area contributed by atoms with Gasteiger partial charge in [-0.05, 0) is 19.4 Å². The third kappa shape index (κ3) is 1.83. The number of aliphatic imine (C=N–C) groups is 1. The van der Waals surface area contributed by atoms with Crippen molar-refractivity contribution in [1.82, 2.24) is 0 Å². The lowest BCUT2D eigenvalue weighted by atomic mass is 9.89. The van der Waals surface area contributed by atoms with Crippen LogP contribution in [0.15, 0.2) is 16.1 Å². The first-order chi connectivity index (χ1) is 7.39. The van der Waals surface area contributed by atoms with Gasteiger partial charge in [-0.1, -0.05) is 0 Å². The maximum absolute atomic E-state index is 11.5. The molecule has 0 aromatic rings. The molecule has 0 aromatic heterocycles. The zero-order chi connectivity index (χ0) is 12.5. The van der Waals surface area contributed by atoms with E-state index < -0.39 is 5.54 Å². The number of hydrogen-bond acceptors (Lipinski definition) is 4. The van der Waals surface area contributed by atoms with Crippen LogP contribution < -0.4 is 0 Å². The Bertz CT molecular complexity index is 405. The van der Waals surface area contributed by atoms with Crippen molar-refractivity contribution in [3.63, 3.8) is 0 Å². The third-order valence-electron chi connectivity index (χ3n) is 2.69. The van der Waals surface area contributed by atoms with Gasteiger partial charge in [-0.15, -0.1) is 11.6 Å². The van der Waals surface area contributed by atoms with Crippen LogP contribution in [0.3, 0.4) is 0 Å². The van der Waals surface area contributed by atoms with Gasteiger partial charge in [0.2, 0.25) is 0 Å². The molecule has 4 nitrogen and oxygen atoms in total. The van der Waals surface area contributed by atoms with Crippen LogP contribution in [-0.2, 0) is 9.59 Å². The highest BCUT2D eigenvalue weighted by Crippen LogP contribution is 2.34. The maximum Gasteiger partial charge on any atom is 0.177 e. The van der Waals surface area contributed by atoms with E-state index in [0.717, 1.165) is 0 Å². The Morgan fingerprint density at radius 1 is 1.38 bits per heavy atom. The van der Waals surface area contributed by atoms with Gasteiger partial charge in [0, 0.05) is 12.5 Å². The molecule has 1 aliphatic rings. The second-order valence-corrected chi connectivity index (χ2v) is 4.16. The van der Waals surface area contributed by atoms with Crippen molar-refractivity contribution in [2.45, 2.75) is 26.3 Å². The van der Waals surface area contributed by atoms with Gasteiger partial charge < -0.3 is 5.11 Å². The van der Waals surface area contributed by atoms with Crippen LogP contribution in [0.4, 0.5) is 0 Å². The molecule has 1 heterocycles. The van der Waals surface area contributed by atoms with Crippen molar-refractivity contribution in [2.75, 3.05) is 12.5 Å². The Labute approximate surface area is 99.0 Å². The summed E-state index contributed by atoms with van der Waals surface area (Å²) in [7, 11) is 0. The van der Waals surface area contributed by atoms with Crippen LogP contribution in [-0.4, -0.2) is 40.4 Å². The highest BCUT2D eigenvalue weighted by Gasteiger charge is 2.42. The molecule has 0 radical (unpaired) electrons. The fourth-order valence-electron chi connectivity index (χ4n) is 2.01. The van der Waals surface area contributed by atoms with Gasteiger partial charge in [0.1, 0.15) is 11.3 Å². The van der Waals surface area contributed by atoms with Gasteiger partial charge in [0.15, 0.2) is 11.6 Å². The van der Waals surface area contributed by atoms with Crippen molar-refractivity contribution in [2.24, 2.45) is 4.99 Å². The highest BCUT2D eigenvalue weighted by molar-refractivity contribution is 6.47. The standard InChI is InChI=1S/C11H14ClNO3/c1-6-9(7(2)15)11(4-12,5-14)13-10(6)8(3)16/h14H,4-5H2,1-3H3. The lowest BCUT2D eigenvalue weighted by Crippen LogP contribution is -2.37. The molecule has 5 heteroatoms. The molecule has 1 aliphatic heterocycles. The Hall–Kier alpha value is -1.00. The van der Waals surface area contributed by atoms with Crippen LogP contribution >= 0.6 is 11.6 Å². The Morgan fingerprint density at radius 3 is 2.19 bits per heavy atom. The molecular formula is C11H14ClNO3. The normalized spacial score (nSPS) is 24.7. The maximum atomic E-state index is 11.5. The molecule has 0 amide bonds. The summed E-state index contributed by atoms with van der Waals surface area (Å²) in [6, 6.07) is 0. The first kappa shape index (κ1) is 13.1. The molecule has 1 atom stereocenters.